The monoisotopic (exact) mass is 299 g/mol. The maximum atomic E-state index is 12.1. The van der Waals surface area contributed by atoms with Crippen LogP contribution in [0.25, 0.3) is 0 Å². The second-order valence-electron chi connectivity index (χ2n) is 4.48. The summed E-state index contributed by atoms with van der Waals surface area (Å²) in [6, 6.07) is 15.5. The van der Waals surface area contributed by atoms with E-state index in [1.54, 1.807) is 62.5 Å². The molecule has 2 aromatic rings. The summed E-state index contributed by atoms with van der Waals surface area (Å²) in [5.74, 6) is -0.183. The fourth-order valence-corrected chi connectivity index (χ4v) is 1.87. The highest BCUT2D eigenvalue weighted by Gasteiger charge is 2.18. The normalized spacial score (nSPS) is 9.91. The Kier molecular flexibility index (Phi) is 5.14. The number of para-hydroxylation sites is 2. The van der Waals surface area contributed by atoms with Gasteiger partial charge in [0.15, 0.2) is 5.75 Å². The van der Waals surface area contributed by atoms with Gasteiger partial charge in [0.05, 0.1) is 17.9 Å². The van der Waals surface area contributed by atoms with E-state index in [-0.39, 0.29) is 6.61 Å². The van der Waals surface area contributed by atoms with Gasteiger partial charge in [-0.2, -0.15) is 0 Å². The highest BCUT2D eigenvalue weighted by molar-refractivity contribution is 5.94. The van der Waals surface area contributed by atoms with E-state index in [1.807, 2.05) is 6.07 Å². The first kappa shape index (κ1) is 15.6. The number of ether oxygens (including phenoxy) is 2. The summed E-state index contributed by atoms with van der Waals surface area (Å²) >= 11 is 0. The highest BCUT2D eigenvalue weighted by Crippen LogP contribution is 2.28. The van der Waals surface area contributed by atoms with Crippen molar-refractivity contribution in [1.82, 2.24) is 0 Å². The largest absolute Gasteiger partial charge is 0.449 e. The van der Waals surface area contributed by atoms with Crippen LogP contribution in [0.2, 0.25) is 0 Å². The third-order valence-electron chi connectivity index (χ3n) is 2.98. The van der Waals surface area contributed by atoms with Gasteiger partial charge in [-0.1, -0.05) is 30.3 Å². The second kappa shape index (κ2) is 7.26. The van der Waals surface area contributed by atoms with E-state index >= 15 is 0 Å². The van der Waals surface area contributed by atoms with Gasteiger partial charge in [0.25, 0.3) is 0 Å². The standard InChI is InChI=1S/C17H17NO4/c1-3-21-17(20)18(2)14-11-7-8-12-15(14)22-16(19)13-9-5-4-6-10-13/h4-12H,3H2,1-2H3. The van der Waals surface area contributed by atoms with Gasteiger partial charge in [-0.15, -0.1) is 0 Å². The molecule has 0 aliphatic heterocycles. The van der Waals surface area contributed by atoms with Gasteiger partial charge in [-0.3, -0.25) is 4.90 Å². The van der Waals surface area contributed by atoms with Gasteiger partial charge < -0.3 is 9.47 Å². The van der Waals surface area contributed by atoms with Crippen molar-refractivity contribution in [2.45, 2.75) is 6.92 Å². The van der Waals surface area contributed by atoms with Crippen molar-refractivity contribution >= 4 is 17.7 Å². The molecule has 22 heavy (non-hydrogen) atoms. The predicted octanol–water partition coefficient (Wildman–Crippen LogP) is 3.50. The molecule has 0 bridgehead atoms. The molecule has 0 heterocycles. The van der Waals surface area contributed by atoms with E-state index in [9.17, 15) is 9.59 Å². The molecule has 0 saturated carbocycles. The minimum atomic E-state index is -0.509. The van der Waals surface area contributed by atoms with E-state index in [1.165, 1.54) is 4.90 Å². The molecule has 0 aromatic heterocycles. The molecule has 1 amide bonds. The Bertz CT molecular complexity index is 655. The quantitative estimate of drug-likeness (QED) is 0.640. The topological polar surface area (TPSA) is 55.8 Å². The molecular formula is C17H17NO4. The van der Waals surface area contributed by atoms with Crippen LogP contribution in [0, 0.1) is 0 Å². The minimum absolute atomic E-state index is 0.273. The lowest BCUT2D eigenvalue weighted by atomic mass is 10.2. The Hall–Kier alpha value is -2.82. The first-order valence-corrected chi connectivity index (χ1v) is 6.90. The summed E-state index contributed by atoms with van der Waals surface area (Å²) in [7, 11) is 1.56. The third-order valence-corrected chi connectivity index (χ3v) is 2.98. The lowest BCUT2D eigenvalue weighted by Crippen LogP contribution is -2.27. The van der Waals surface area contributed by atoms with Crippen LogP contribution in [-0.4, -0.2) is 25.7 Å². The molecule has 0 N–H and O–H groups in total. The van der Waals surface area contributed by atoms with Crippen LogP contribution in [0.4, 0.5) is 10.5 Å². The molecule has 114 valence electrons. The number of esters is 1. The van der Waals surface area contributed by atoms with Gasteiger partial charge >= 0.3 is 12.1 Å². The number of hydrogen-bond donors (Lipinski definition) is 0. The van der Waals surface area contributed by atoms with E-state index in [0.29, 0.717) is 17.0 Å². The number of nitrogens with zero attached hydrogens (tertiary/aromatic N) is 1. The summed E-state index contributed by atoms with van der Waals surface area (Å²) in [4.78, 5) is 25.2. The van der Waals surface area contributed by atoms with Crippen LogP contribution in [0.1, 0.15) is 17.3 Å². The summed E-state index contributed by atoms with van der Waals surface area (Å²) in [5.41, 5.74) is 0.904. The van der Waals surface area contributed by atoms with Crippen LogP contribution in [0.15, 0.2) is 54.6 Å². The molecule has 2 rings (SSSR count). The van der Waals surface area contributed by atoms with Crippen LogP contribution in [-0.2, 0) is 4.74 Å². The van der Waals surface area contributed by atoms with E-state index in [2.05, 4.69) is 0 Å². The Morgan fingerprint density at radius 1 is 1.00 bits per heavy atom. The fourth-order valence-electron chi connectivity index (χ4n) is 1.87. The Morgan fingerprint density at radius 3 is 2.32 bits per heavy atom. The lowest BCUT2D eigenvalue weighted by Gasteiger charge is -2.19. The van der Waals surface area contributed by atoms with Crippen LogP contribution < -0.4 is 9.64 Å². The smallest absolute Gasteiger partial charge is 0.414 e. The van der Waals surface area contributed by atoms with Gasteiger partial charge in [-0.05, 0) is 31.2 Å². The molecule has 0 radical (unpaired) electrons. The Labute approximate surface area is 129 Å². The van der Waals surface area contributed by atoms with Gasteiger partial charge in [0, 0.05) is 7.05 Å². The van der Waals surface area contributed by atoms with Crippen molar-refractivity contribution in [3.63, 3.8) is 0 Å². The van der Waals surface area contributed by atoms with E-state index < -0.39 is 12.1 Å². The molecule has 0 fully saturated rings. The maximum absolute atomic E-state index is 12.1. The predicted molar refractivity (Wildman–Crippen MR) is 83.3 cm³/mol. The summed E-state index contributed by atoms with van der Waals surface area (Å²) < 4.78 is 10.3. The molecule has 0 aliphatic carbocycles. The summed E-state index contributed by atoms with van der Waals surface area (Å²) in [6.07, 6.45) is -0.509. The van der Waals surface area contributed by atoms with Crippen LogP contribution in [0.3, 0.4) is 0 Å². The number of rotatable bonds is 4. The van der Waals surface area contributed by atoms with E-state index in [0.717, 1.165) is 0 Å². The summed E-state index contributed by atoms with van der Waals surface area (Å²) in [5, 5.41) is 0. The van der Waals surface area contributed by atoms with Gasteiger partial charge in [0.2, 0.25) is 0 Å². The molecule has 0 atom stereocenters. The van der Waals surface area contributed by atoms with Crippen LogP contribution >= 0.6 is 0 Å². The Balaban J connectivity index is 2.22. The van der Waals surface area contributed by atoms with Crippen LogP contribution in [0.5, 0.6) is 5.75 Å². The van der Waals surface area contributed by atoms with Crippen molar-refractivity contribution in [3.05, 3.63) is 60.2 Å². The molecule has 0 saturated heterocycles. The number of anilines is 1. The number of benzene rings is 2. The van der Waals surface area contributed by atoms with Gasteiger partial charge in [-0.25, -0.2) is 9.59 Å². The first-order valence-electron chi connectivity index (χ1n) is 6.90. The van der Waals surface area contributed by atoms with Crippen molar-refractivity contribution in [3.8, 4) is 5.75 Å². The molecule has 0 aliphatic rings. The number of carbonyl (C=O) groups excluding carboxylic acids is 2. The van der Waals surface area contributed by atoms with Crippen molar-refractivity contribution in [2.24, 2.45) is 0 Å². The molecule has 0 spiro atoms. The summed E-state index contributed by atoms with van der Waals surface area (Å²) in [6.45, 7) is 2.00. The average molecular weight is 299 g/mol. The zero-order valence-corrected chi connectivity index (χ0v) is 12.5. The van der Waals surface area contributed by atoms with E-state index in [4.69, 9.17) is 9.47 Å². The third kappa shape index (κ3) is 3.63. The van der Waals surface area contributed by atoms with Gasteiger partial charge in [0.1, 0.15) is 0 Å². The molecule has 5 heteroatoms. The number of amides is 1. The average Bonchev–Trinajstić information content (AvgIpc) is 2.55. The first-order chi connectivity index (χ1) is 10.6. The van der Waals surface area contributed by atoms with Crippen molar-refractivity contribution < 1.29 is 19.1 Å². The SMILES string of the molecule is CCOC(=O)N(C)c1ccccc1OC(=O)c1ccccc1. The second-order valence-corrected chi connectivity index (χ2v) is 4.48. The maximum Gasteiger partial charge on any atom is 0.414 e. The molecule has 2 aromatic carbocycles. The highest BCUT2D eigenvalue weighted by atomic mass is 16.6. The minimum Gasteiger partial charge on any atom is -0.449 e. The molecule has 0 unspecified atom stereocenters. The Morgan fingerprint density at radius 2 is 1.64 bits per heavy atom. The van der Waals surface area contributed by atoms with Crippen molar-refractivity contribution in [2.75, 3.05) is 18.6 Å². The number of carbonyl (C=O) groups is 2. The molecular weight excluding hydrogens is 282 g/mol. The fraction of sp³-hybridized carbons (Fsp3) is 0.176. The number of hydrogen-bond acceptors (Lipinski definition) is 4. The zero-order chi connectivity index (χ0) is 15.9. The molecule has 5 nitrogen and oxygen atoms in total. The zero-order valence-electron chi connectivity index (χ0n) is 12.5. The van der Waals surface area contributed by atoms with Crippen molar-refractivity contribution in [1.29, 1.82) is 0 Å². The lowest BCUT2D eigenvalue weighted by molar-refractivity contribution is 0.0735.